The van der Waals surface area contributed by atoms with Crippen LogP contribution < -0.4 is 5.32 Å². The second-order valence-corrected chi connectivity index (χ2v) is 4.65. The summed E-state index contributed by atoms with van der Waals surface area (Å²) in [6.45, 7) is 7.21. The van der Waals surface area contributed by atoms with E-state index in [-0.39, 0.29) is 11.6 Å². The van der Waals surface area contributed by atoms with Crippen molar-refractivity contribution in [1.29, 1.82) is 0 Å². The van der Waals surface area contributed by atoms with Crippen molar-refractivity contribution in [3.05, 3.63) is 22.5 Å². The Morgan fingerprint density at radius 3 is 2.55 bits per heavy atom. The lowest BCUT2D eigenvalue weighted by Crippen LogP contribution is -2.26. The molecule has 0 aliphatic carbocycles. The van der Waals surface area contributed by atoms with Crippen molar-refractivity contribution in [2.24, 2.45) is 0 Å². The molecule has 1 aromatic rings. The van der Waals surface area contributed by atoms with Crippen LogP contribution in [0.15, 0.2) is 0 Å². The maximum Gasteiger partial charge on any atom is 0.352 e. The topological polar surface area (TPSA) is 91.4 Å². The third-order valence-corrected chi connectivity index (χ3v) is 2.98. The Morgan fingerprint density at radius 1 is 1.30 bits per heavy atom. The van der Waals surface area contributed by atoms with E-state index >= 15 is 0 Å². The molecule has 1 amide bonds. The Hall–Kier alpha value is -1.82. The molecule has 0 saturated heterocycles. The Morgan fingerprint density at radius 2 is 2.00 bits per heavy atom. The minimum Gasteiger partial charge on any atom is -0.477 e. The molecule has 0 atom stereocenters. The van der Waals surface area contributed by atoms with Gasteiger partial charge in [0.15, 0.2) is 0 Å². The van der Waals surface area contributed by atoms with Gasteiger partial charge >= 0.3 is 5.97 Å². The van der Waals surface area contributed by atoms with E-state index in [0.717, 1.165) is 19.4 Å². The molecule has 0 aliphatic rings. The fraction of sp³-hybridized carbons (Fsp3) is 0.571. The zero-order valence-corrected chi connectivity index (χ0v) is 12.2. The minimum atomic E-state index is -1.06. The number of aromatic amines is 1. The normalized spacial score (nSPS) is 10.6. The van der Waals surface area contributed by atoms with Crippen LogP contribution in [0.3, 0.4) is 0 Å². The summed E-state index contributed by atoms with van der Waals surface area (Å²) in [5.41, 5.74) is 1.52. The Kier molecular flexibility index (Phi) is 6.24. The average Bonchev–Trinajstić information content (AvgIpc) is 2.69. The zero-order chi connectivity index (χ0) is 15.1. The van der Waals surface area contributed by atoms with E-state index in [1.165, 1.54) is 0 Å². The summed E-state index contributed by atoms with van der Waals surface area (Å²) in [5, 5.41) is 11.8. The summed E-state index contributed by atoms with van der Waals surface area (Å²) in [5.74, 6) is -1.31. The molecule has 0 aliphatic heterocycles. The minimum absolute atomic E-state index is 0.0685. The van der Waals surface area contributed by atoms with Gasteiger partial charge in [-0.15, -0.1) is 0 Å². The van der Waals surface area contributed by atoms with Gasteiger partial charge < -0.3 is 20.1 Å². The highest BCUT2D eigenvalue weighted by Crippen LogP contribution is 2.17. The lowest BCUT2D eigenvalue weighted by atomic mass is 10.1. The van der Waals surface area contributed by atoms with Crippen molar-refractivity contribution < 1.29 is 19.4 Å². The molecule has 112 valence electrons. The number of aromatic carboxylic acids is 1. The molecule has 3 N–H and O–H groups in total. The van der Waals surface area contributed by atoms with E-state index in [4.69, 9.17) is 9.84 Å². The first kappa shape index (κ1) is 16.2. The Labute approximate surface area is 118 Å². The molecule has 0 spiro atoms. The largest absolute Gasteiger partial charge is 0.477 e. The van der Waals surface area contributed by atoms with Crippen molar-refractivity contribution in [1.82, 2.24) is 10.3 Å². The lowest BCUT2D eigenvalue weighted by molar-refractivity contribution is 0.0690. The molecule has 6 nitrogen and oxygen atoms in total. The van der Waals surface area contributed by atoms with Crippen molar-refractivity contribution in [3.63, 3.8) is 0 Å². The second-order valence-electron chi connectivity index (χ2n) is 4.65. The van der Waals surface area contributed by atoms with Crippen LogP contribution in [0.2, 0.25) is 0 Å². The van der Waals surface area contributed by atoms with Crippen LogP contribution in [0.4, 0.5) is 0 Å². The smallest absolute Gasteiger partial charge is 0.352 e. The van der Waals surface area contributed by atoms with Crippen LogP contribution >= 0.6 is 0 Å². The van der Waals surface area contributed by atoms with Gasteiger partial charge in [-0.3, -0.25) is 4.79 Å². The number of nitrogens with one attached hydrogen (secondary N) is 2. The number of carboxylic acids is 1. The number of ether oxygens (including phenoxy) is 1. The first-order valence-electron chi connectivity index (χ1n) is 6.77. The van der Waals surface area contributed by atoms with Gasteiger partial charge in [-0.2, -0.15) is 0 Å². The highest BCUT2D eigenvalue weighted by Gasteiger charge is 2.21. The van der Waals surface area contributed by atoms with Crippen LogP contribution in [0.5, 0.6) is 0 Å². The van der Waals surface area contributed by atoms with E-state index in [9.17, 15) is 9.59 Å². The molecule has 0 unspecified atom stereocenters. The monoisotopic (exact) mass is 282 g/mol. The van der Waals surface area contributed by atoms with Gasteiger partial charge in [0.2, 0.25) is 0 Å². The molecule has 20 heavy (non-hydrogen) atoms. The third-order valence-electron chi connectivity index (χ3n) is 2.98. The molecular formula is C14H22N2O4. The van der Waals surface area contributed by atoms with Crippen LogP contribution in [0.1, 0.15) is 51.9 Å². The first-order valence-corrected chi connectivity index (χ1v) is 6.77. The van der Waals surface area contributed by atoms with E-state index in [1.54, 1.807) is 13.8 Å². The predicted molar refractivity (Wildman–Crippen MR) is 75.3 cm³/mol. The molecule has 1 rings (SSSR count). The SMILES string of the molecule is CCCOCCCNC(=O)c1c(C)[nH]c(C(=O)O)c1C. The van der Waals surface area contributed by atoms with Gasteiger partial charge in [-0.25, -0.2) is 4.79 Å². The highest BCUT2D eigenvalue weighted by atomic mass is 16.5. The van der Waals surface area contributed by atoms with Crippen molar-refractivity contribution >= 4 is 11.9 Å². The summed E-state index contributed by atoms with van der Waals surface area (Å²) in [7, 11) is 0. The fourth-order valence-corrected chi connectivity index (χ4v) is 2.02. The molecule has 0 aromatic carbocycles. The van der Waals surface area contributed by atoms with E-state index in [1.807, 2.05) is 6.92 Å². The molecule has 0 fully saturated rings. The zero-order valence-electron chi connectivity index (χ0n) is 12.2. The predicted octanol–water partition coefficient (Wildman–Crippen LogP) is 1.88. The number of aromatic nitrogens is 1. The Balaban J connectivity index is 2.54. The van der Waals surface area contributed by atoms with Crippen LogP contribution in [-0.2, 0) is 4.74 Å². The Bertz CT molecular complexity index is 480. The summed E-state index contributed by atoms with van der Waals surface area (Å²) >= 11 is 0. The van der Waals surface area contributed by atoms with Crippen LogP contribution in [0, 0.1) is 13.8 Å². The lowest BCUT2D eigenvalue weighted by Gasteiger charge is -2.06. The van der Waals surface area contributed by atoms with Gasteiger partial charge in [0.25, 0.3) is 5.91 Å². The van der Waals surface area contributed by atoms with E-state index in [2.05, 4.69) is 10.3 Å². The van der Waals surface area contributed by atoms with Crippen molar-refractivity contribution in [2.45, 2.75) is 33.6 Å². The maximum absolute atomic E-state index is 12.0. The molecule has 6 heteroatoms. The van der Waals surface area contributed by atoms with Gasteiger partial charge in [-0.05, 0) is 32.3 Å². The number of rotatable bonds is 8. The van der Waals surface area contributed by atoms with Crippen LogP contribution in [0.25, 0.3) is 0 Å². The maximum atomic E-state index is 12.0. The standard InChI is InChI=1S/C14H22N2O4/c1-4-7-20-8-5-6-15-13(17)11-9(2)12(14(18)19)16-10(11)3/h16H,4-8H2,1-3H3,(H,15,17)(H,18,19). The first-order chi connectivity index (χ1) is 9.49. The van der Waals surface area contributed by atoms with E-state index in [0.29, 0.717) is 30.0 Å². The molecule has 1 aromatic heterocycles. The number of carbonyl (C=O) groups is 2. The number of aryl methyl sites for hydroxylation is 1. The highest BCUT2D eigenvalue weighted by molar-refractivity contribution is 6.00. The third kappa shape index (κ3) is 4.09. The van der Waals surface area contributed by atoms with Gasteiger partial charge in [0, 0.05) is 25.5 Å². The van der Waals surface area contributed by atoms with Crippen LogP contribution in [-0.4, -0.2) is 41.7 Å². The number of carboxylic acid groups (broad SMARTS) is 1. The summed E-state index contributed by atoms with van der Waals surface area (Å²) in [6, 6.07) is 0. The van der Waals surface area contributed by atoms with Gasteiger partial charge in [0.05, 0.1) is 5.56 Å². The number of hydrogen-bond donors (Lipinski definition) is 3. The molecule has 0 bridgehead atoms. The molecule has 0 saturated carbocycles. The number of carbonyl (C=O) groups excluding carboxylic acids is 1. The van der Waals surface area contributed by atoms with E-state index < -0.39 is 5.97 Å². The number of hydrogen-bond acceptors (Lipinski definition) is 3. The summed E-state index contributed by atoms with van der Waals surface area (Å²) < 4.78 is 5.32. The molecule has 0 radical (unpaired) electrons. The molecule has 1 heterocycles. The van der Waals surface area contributed by atoms with Gasteiger partial charge in [-0.1, -0.05) is 6.92 Å². The molecular weight excluding hydrogens is 260 g/mol. The quantitative estimate of drug-likeness (QED) is 0.635. The van der Waals surface area contributed by atoms with Gasteiger partial charge in [0.1, 0.15) is 5.69 Å². The van der Waals surface area contributed by atoms with Crippen molar-refractivity contribution in [3.8, 4) is 0 Å². The summed E-state index contributed by atoms with van der Waals surface area (Å²) in [4.78, 5) is 25.8. The average molecular weight is 282 g/mol. The summed E-state index contributed by atoms with van der Waals surface area (Å²) in [6.07, 6.45) is 1.71. The van der Waals surface area contributed by atoms with Crippen molar-refractivity contribution in [2.75, 3.05) is 19.8 Å². The number of amides is 1. The fourth-order valence-electron chi connectivity index (χ4n) is 2.02. The number of H-pyrrole nitrogens is 1. The second kappa shape index (κ2) is 7.69.